The molecule has 1 nitrogen and oxygen atoms in total. The lowest BCUT2D eigenvalue weighted by Crippen LogP contribution is -2.16. The van der Waals surface area contributed by atoms with Gasteiger partial charge in [0.25, 0.3) is 0 Å². The first kappa shape index (κ1) is 19.0. The highest BCUT2D eigenvalue weighted by Crippen LogP contribution is 2.39. The second-order valence-electron chi connectivity index (χ2n) is 6.48. The Kier molecular flexibility index (Phi) is 5.54. The molecule has 0 saturated heterocycles. The highest BCUT2D eigenvalue weighted by molar-refractivity contribution is 5.70. The van der Waals surface area contributed by atoms with Gasteiger partial charge in [-0.25, -0.2) is 0 Å². The zero-order valence-corrected chi connectivity index (χ0v) is 14.9. The monoisotopic (exact) mass is 370 g/mol. The molecular formula is C23H21F3O. The van der Waals surface area contributed by atoms with Crippen molar-refractivity contribution < 1.29 is 17.9 Å². The predicted octanol–water partition coefficient (Wildman–Crippen LogP) is 6.88. The van der Waals surface area contributed by atoms with Gasteiger partial charge >= 0.3 is 6.18 Å². The van der Waals surface area contributed by atoms with Crippen LogP contribution in [0.3, 0.4) is 0 Å². The number of ether oxygens (including phenoxy) is 1. The maximum absolute atomic E-state index is 12.9. The fourth-order valence-electron chi connectivity index (χ4n) is 3.36. The minimum atomic E-state index is -4.35. The molecular weight excluding hydrogens is 349 g/mol. The van der Waals surface area contributed by atoms with Gasteiger partial charge in [-0.15, -0.1) is 13.2 Å². The molecule has 1 aliphatic heterocycles. The van der Waals surface area contributed by atoms with Crippen LogP contribution in [-0.2, 0) is 17.3 Å². The van der Waals surface area contributed by atoms with E-state index in [0.29, 0.717) is 19.3 Å². The Labute approximate surface area is 157 Å². The van der Waals surface area contributed by atoms with Crippen molar-refractivity contribution in [2.24, 2.45) is 0 Å². The van der Waals surface area contributed by atoms with E-state index in [1.807, 2.05) is 24.3 Å². The van der Waals surface area contributed by atoms with Crippen molar-refractivity contribution in [3.63, 3.8) is 0 Å². The molecule has 3 rings (SSSR count). The molecule has 4 heteroatoms. The Morgan fingerprint density at radius 3 is 2.37 bits per heavy atom. The van der Waals surface area contributed by atoms with Crippen molar-refractivity contribution in [3.05, 3.63) is 102 Å². The largest absolute Gasteiger partial charge is 0.489 e. The third kappa shape index (κ3) is 4.16. The van der Waals surface area contributed by atoms with Crippen LogP contribution < -0.4 is 0 Å². The van der Waals surface area contributed by atoms with Gasteiger partial charge < -0.3 is 4.74 Å². The van der Waals surface area contributed by atoms with Crippen LogP contribution in [0, 0.1) is 0 Å². The van der Waals surface area contributed by atoms with Crippen LogP contribution in [0.1, 0.15) is 41.2 Å². The number of allylic oxidation sites excluding steroid dienone is 3. The number of fused-ring (bicyclic) bond motifs is 1. The van der Waals surface area contributed by atoms with E-state index in [4.69, 9.17) is 4.74 Å². The molecule has 1 aliphatic rings. The van der Waals surface area contributed by atoms with Crippen LogP contribution in [-0.4, -0.2) is 0 Å². The van der Waals surface area contributed by atoms with Crippen LogP contribution in [0.5, 0.6) is 0 Å². The van der Waals surface area contributed by atoms with Gasteiger partial charge in [0.15, 0.2) is 0 Å². The number of alkyl halides is 3. The maximum atomic E-state index is 12.9. The molecule has 0 radical (unpaired) electrons. The van der Waals surface area contributed by atoms with Gasteiger partial charge in [-0.1, -0.05) is 48.6 Å². The molecule has 1 atom stereocenters. The highest BCUT2D eigenvalue weighted by Gasteiger charge is 2.30. The van der Waals surface area contributed by atoms with Crippen LogP contribution >= 0.6 is 0 Å². The molecule has 0 amide bonds. The molecule has 0 saturated carbocycles. The normalized spacial score (nSPS) is 18.3. The molecule has 0 bridgehead atoms. The van der Waals surface area contributed by atoms with Crippen LogP contribution in [0.2, 0.25) is 0 Å². The van der Waals surface area contributed by atoms with Crippen molar-refractivity contribution in [3.8, 4) is 0 Å². The van der Waals surface area contributed by atoms with E-state index in [9.17, 15) is 13.2 Å². The molecule has 2 aromatic rings. The van der Waals surface area contributed by atoms with Crippen molar-refractivity contribution >= 4 is 5.57 Å². The van der Waals surface area contributed by atoms with Gasteiger partial charge in [0.2, 0.25) is 0 Å². The fraction of sp³-hybridized carbons (Fsp3) is 0.217. The van der Waals surface area contributed by atoms with Gasteiger partial charge in [0.05, 0.1) is 5.56 Å². The summed E-state index contributed by atoms with van der Waals surface area (Å²) in [6.45, 7) is 7.60. The molecule has 0 fully saturated rings. The number of hydrogen-bond donors (Lipinski definition) is 0. The average Bonchev–Trinajstić information content (AvgIpc) is 2.66. The summed E-state index contributed by atoms with van der Waals surface area (Å²) in [5, 5.41) is 0. The summed E-state index contributed by atoms with van der Waals surface area (Å²) >= 11 is 0. The van der Waals surface area contributed by atoms with Gasteiger partial charge in [-0.05, 0) is 35.2 Å². The van der Waals surface area contributed by atoms with E-state index in [1.54, 1.807) is 6.08 Å². The molecule has 2 aromatic carbocycles. The second-order valence-corrected chi connectivity index (χ2v) is 6.48. The number of hydrogen-bond acceptors (Lipinski definition) is 1. The molecule has 0 aliphatic carbocycles. The predicted molar refractivity (Wildman–Crippen MR) is 102 cm³/mol. The van der Waals surface area contributed by atoms with Crippen molar-refractivity contribution in [2.45, 2.75) is 31.5 Å². The topological polar surface area (TPSA) is 9.23 Å². The summed E-state index contributed by atoms with van der Waals surface area (Å²) in [7, 11) is 0. The standard InChI is InChI=1S/C23H21F3O/c1-3-7-19(16-11-13-18(14-12-16)23(24,25)26)22-15-17-9-5-6-10-20(17)21(27-22)8-4-2/h3-6,9-14,21H,1-2,7-8,15H2/b22-19-. The van der Waals surface area contributed by atoms with Crippen molar-refractivity contribution in [1.82, 2.24) is 0 Å². The van der Waals surface area contributed by atoms with Crippen LogP contribution in [0.4, 0.5) is 13.2 Å². The lowest BCUT2D eigenvalue weighted by molar-refractivity contribution is -0.137. The Bertz CT molecular complexity index is 860. The Morgan fingerprint density at radius 1 is 1.04 bits per heavy atom. The Morgan fingerprint density at radius 2 is 1.74 bits per heavy atom. The zero-order chi connectivity index (χ0) is 19.4. The zero-order valence-electron chi connectivity index (χ0n) is 14.9. The molecule has 1 heterocycles. The first-order valence-corrected chi connectivity index (χ1v) is 8.80. The Balaban J connectivity index is 2.04. The molecule has 0 N–H and O–H groups in total. The summed E-state index contributed by atoms with van der Waals surface area (Å²) in [6, 6.07) is 13.3. The smallest absolute Gasteiger partial charge is 0.416 e. The van der Waals surface area contributed by atoms with Crippen LogP contribution in [0.15, 0.2) is 79.6 Å². The van der Waals surface area contributed by atoms with E-state index >= 15 is 0 Å². The second kappa shape index (κ2) is 7.87. The average molecular weight is 370 g/mol. The van der Waals surface area contributed by atoms with E-state index in [-0.39, 0.29) is 6.10 Å². The summed E-state index contributed by atoms with van der Waals surface area (Å²) in [6.07, 6.45) is 0.852. The number of halogens is 3. The number of rotatable bonds is 5. The summed E-state index contributed by atoms with van der Waals surface area (Å²) in [5.74, 6) is 0.778. The first-order valence-electron chi connectivity index (χ1n) is 8.80. The van der Waals surface area contributed by atoms with Gasteiger partial charge in [-0.2, -0.15) is 13.2 Å². The van der Waals surface area contributed by atoms with Gasteiger partial charge in [0, 0.05) is 18.4 Å². The van der Waals surface area contributed by atoms with Crippen molar-refractivity contribution in [2.75, 3.05) is 0 Å². The van der Waals surface area contributed by atoms with E-state index < -0.39 is 11.7 Å². The molecule has 1 unspecified atom stereocenters. The minimum Gasteiger partial charge on any atom is -0.489 e. The summed E-state index contributed by atoms with van der Waals surface area (Å²) in [5.41, 5.74) is 3.22. The minimum absolute atomic E-state index is 0.142. The maximum Gasteiger partial charge on any atom is 0.416 e. The SMILES string of the molecule is C=CC/C(=C1\Cc2ccccc2C(CC=C)O1)c1ccc(C(F)(F)F)cc1. The fourth-order valence-corrected chi connectivity index (χ4v) is 3.36. The lowest BCUT2D eigenvalue weighted by atomic mass is 9.90. The van der Waals surface area contributed by atoms with E-state index in [2.05, 4.69) is 19.2 Å². The van der Waals surface area contributed by atoms with Gasteiger partial charge in [-0.3, -0.25) is 0 Å². The number of benzene rings is 2. The van der Waals surface area contributed by atoms with Gasteiger partial charge in [0.1, 0.15) is 11.9 Å². The molecule has 140 valence electrons. The van der Waals surface area contributed by atoms with E-state index in [0.717, 1.165) is 34.6 Å². The lowest BCUT2D eigenvalue weighted by Gasteiger charge is -2.30. The van der Waals surface area contributed by atoms with Crippen LogP contribution in [0.25, 0.3) is 5.57 Å². The first-order chi connectivity index (χ1) is 12.9. The molecule has 27 heavy (non-hydrogen) atoms. The third-order valence-electron chi connectivity index (χ3n) is 4.66. The third-order valence-corrected chi connectivity index (χ3v) is 4.66. The highest BCUT2D eigenvalue weighted by atomic mass is 19.4. The Hall–Kier alpha value is -2.75. The summed E-state index contributed by atoms with van der Waals surface area (Å²) < 4.78 is 44.8. The van der Waals surface area contributed by atoms with Crippen molar-refractivity contribution in [1.29, 1.82) is 0 Å². The molecule has 0 aromatic heterocycles. The quantitative estimate of drug-likeness (QED) is 0.521. The summed E-state index contributed by atoms with van der Waals surface area (Å²) in [4.78, 5) is 0. The van der Waals surface area contributed by atoms with E-state index in [1.165, 1.54) is 17.7 Å². The molecule has 0 spiro atoms.